The van der Waals surface area contributed by atoms with Gasteiger partial charge in [0.1, 0.15) is 5.75 Å². The van der Waals surface area contributed by atoms with Gasteiger partial charge in [0.25, 0.3) is 11.5 Å². The number of primary amides is 1. The fourth-order valence-corrected chi connectivity index (χ4v) is 3.32. The molecule has 0 aliphatic carbocycles. The van der Waals surface area contributed by atoms with Crippen LogP contribution in [0.5, 0.6) is 5.75 Å². The number of carbonyl (C=O) groups is 1. The van der Waals surface area contributed by atoms with Crippen molar-refractivity contribution < 1.29 is 9.53 Å². The number of nitrogens with zero attached hydrogens (tertiary/aromatic N) is 4. The number of ether oxygens (including phenoxy) is 1. The number of thiazole rings is 1. The summed E-state index contributed by atoms with van der Waals surface area (Å²) >= 11 is 1.26. The number of nitrogens with two attached hydrogens (primary N) is 1. The average molecular weight is 379 g/mol. The number of fused-ring (bicyclic) bond motifs is 1. The number of carbonyl (C=O) groups excluding carboxylic acids is 1. The predicted molar refractivity (Wildman–Crippen MR) is 100 cm³/mol. The lowest BCUT2D eigenvalue weighted by Gasteiger charge is -2.03. The molecule has 0 aliphatic rings. The van der Waals surface area contributed by atoms with Crippen LogP contribution in [0.25, 0.3) is 22.4 Å². The molecule has 0 fully saturated rings. The summed E-state index contributed by atoms with van der Waals surface area (Å²) in [5.74, 6) is 0.452. The first-order valence-corrected chi connectivity index (χ1v) is 8.75. The van der Waals surface area contributed by atoms with Crippen molar-refractivity contribution in [1.82, 2.24) is 19.6 Å². The van der Waals surface area contributed by atoms with Gasteiger partial charge in [0.2, 0.25) is 4.96 Å². The molecule has 8 nitrogen and oxygen atoms in total. The lowest BCUT2D eigenvalue weighted by Crippen LogP contribution is -2.23. The molecule has 27 heavy (non-hydrogen) atoms. The molecule has 4 aromatic rings. The minimum atomic E-state index is -0.540. The van der Waals surface area contributed by atoms with Gasteiger partial charge in [-0.25, -0.2) is 0 Å². The summed E-state index contributed by atoms with van der Waals surface area (Å²) in [5.41, 5.74) is 6.38. The highest BCUT2D eigenvalue weighted by Crippen LogP contribution is 2.15. The van der Waals surface area contributed by atoms with E-state index in [2.05, 4.69) is 15.1 Å². The van der Waals surface area contributed by atoms with Crippen molar-refractivity contribution in [2.45, 2.75) is 0 Å². The van der Waals surface area contributed by atoms with Crippen LogP contribution in [0.4, 0.5) is 0 Å². The van der Waals surface area contributed by atoms with Crippen LogP contribution in [0.2, 0.25) is 0 Å². The standard InChI is InChI=1S/C18H13N5O3S/c19-15(24)10-26-13-5-3-11(4-6-13)8-14-17(25)23-18(27-14)21-16(22-23)12-2-1-7-20-9-12/h1-9H,10H2,(H2,19,24)/b14-8-. The zero-order valence-corrected chi connectivity index (χ0v) is 14.7. The second kappa shape index (κ2) is 6.96. The molecule has 4 rings (SSSR count). The van der Waals surface area contributed by atoms with Crippen LogP contribution in [0.3, 0.4) is 0 Å². The molecule has 3 heterocycles. The van der Waals surface area contributed by atoms with Crippen LogP contribution in [0, 0.1) is 0 Å². The molecule has 0 saturated carbocycles. The average Bonchev–Trinajstić information content (AvgIpc) is 3.22. The first kappa shape index (κ1) is 16.9. The van der Waals surface area contributed by atoms with Gasteiger partial charge >= 0.3 is 0 Å². The number of benzene rings is 1. The quantitative estimate of drug-likeness (QED) is 0.544. The lowest BCUT2D eigenvalue weighted by atomic mass is 10.2. The fourth-order valence-electron chi connectivity index (χ4n) is 2.42. The zero-order valence-electron chi connectivity index (χ0n) is 13.9. The van der Waals surface area contributed by atoms with Crippen molar-refractivity contribution in [2.75, 3.05) is 6.61 Å². The summed E-state index contributed by atoms with van der Waals surface area (Å²) in [6.45, 7) is -0.180. The van der Waals surface area contributed by atoms with Crippen molar-refractivity contribution in [3.05, 3.63) is 69.2 Å². The van der Waals surface area contributed by atoms with Gasteiger partial charge in [0.15, 0.2) is 12.4 Å². The van der Waals surface area contributed by atoms with E-state index in [9.17, 15) is 9.59 Å². The topological polar surface area (TPSA) is 112 Å². The van der Waals surface area contributed by atoms with Gasteiger partial charge in [-0.15, -0.1) is 5.10 Å². The molecule has 0 radical (unpaired) electrons. The van der Waals surface area contributed by atoms with Crippen LogP contribution in [0.1, 0.15) is 5.56 Å². The number of hydrogen-bond donors (Lipinski definition) is 1. The predicted octanol–water partition coefficient (Wildman–Crippen LogP) is 0.625. The Labute approximate surface area is 156 Å². The van der Waals surface area contributed by atoms with Crippen LogP contribution < -0.4 is 20.6 Å². The molecular formula is C18H13N5O3S. The van der Waals surface area contributed by atoms with E-state index in [1.54, 1.807) is 48.8 Å². The van der Waals surface area contributed by atoms with Gasteiger partial charge in [-0.1, -0.05) is 23.5 Å². The van der Waals surface area contributed by atoms with Crippen molar-refractivity contribution in [3.63, 3.8) is 0 Å². The molecule has 0 bridgehead atoms. The van der Waals surface area contributed by atoms with Gasteiger partial charge in [-0.05, 0) is 35.9 Å². The first-order valence-electron chi connectivity index (χ1n) is 7.93. The van der Waals surface area contributed by atoms with Crippen molar-refractivity contribution in [3.8, 4) is 17.1 Å². The normalized spacial score (nSPS) is 11.8. The third-order valence-electron chi connectivity index (χ3n) is 3.66. The van der Waals surface area contributed by atoms with E-state index in [-0.39, 0.29) is 12.2 Å². The Hall–Kier alpha value is -3.59. The monoisotopic (exact) mass is 379 g/mol. The van der Waals surface area contributed by atoms with E-state index in [4.69, 9.17) is 10.5 Å². The SMILES string of the molecule is NC(=O)COc1ccc(/C=c2\sc3nc(-c4cccnc4)nn3c2=O)cc1. The molecule has 9 heteroatoms. The largest absolute Gasteiger partial charge is 0.484 e. The Bertz CT molecular complexity index is 1220. The van der Waals surface area contributed by atoms with E-state index in [1.807, 2.05) is 6.07 Å². The molecule has 3 aromatic heterocycles. The molecule has 0 atom stereocenters. The maximum atomic E-state index is 12.6. The van der Waals surface area contributed by atoms with Gasteiger partial charge in [-0.2, -0.15) is 9.50 Å². The molecule has 0 aliphatic heterocycles. The maximum Gasteiger partial charge on any atom is 0.291 e. The second-order valence-electron chi connectivity index (χ2n) is 5.61. The maximum absolute atomic E-state index is 12.6. The summed E-state index contributed by atoms with van der Waals surface area (Å²) in [6, 6.07) is 10.6. The molecule has 2 N–H and O–H groups in total. The fraction of sp³-hybridized carbons (Fsp3) is 0.0556. The highest BCUT2D eigenvalue weighted by atomic mass is 32.1. The van der Waals surface area contributed by atoms with Gasteiger partial charge < -0.3 is 10.5 Å². The Morgan fingerprint density at radius 1 is 1.26 bits per heavy atom. The molecule has 134 valence electrons. The van der Waals surface area contributed by atoms with E-state index in [0.717, 1.165) is 11.1 Å². The Balaban J connectivity index is 1.64. The van der Waals surface area contributed by atoms with E-state index >= 15 is 0 Å². The van der Waals surface area contributed by atoms with Crippen LogP contribution in [-0.2, 0) is 4.79 Å². The molecule has 0 unspecified atom stereocenters. The summed E-state index contributed by atoms with van der Waals surface area (Å²) in [5, 5.41) is 4.28. The molecule has 0 spiro atoms. The summed E-state index contributed by atoms with van der Waals surface area (Å²) < 4.78 is 7.03. The third-order valence-corrected chi connectivity index (χ3v) is 4.62. The Morgan fingerprint density at radius 2 is 2.07 bits per heavy atom. The highest BCUT2D eigenvalue weighted by molar-refractivity contribution is 7.15. The van der Waals surface area contributed by atoms with Crippen molar-refractivity contribution in [1.29, 1.82) is 0 Å². The van der Waals surface area contributed by atoms with Gasteiger partial charge in [0.05, 0.1) is 4.53 Å². The van der Waals surface area contributed by atoms with Gasteiger partial charge in [-0.3, -0.25) is 14.6 Å². The summed E-state index contributed by atoms with van der Waals surface area (Å²) in [7, 11) is 0. The minimum absolute atomic E-state index is 0.180. The summed E-state index contributed by atoms with van der Waals surface area (Å²) in [4.78, 5) is 32.3. The Kier molecular flexibility index (Phi) is 4.35. The number of hydrogen-bond acceptors (Lipinski definition) is 7. The number of aromatic nitrogens is 4. The van der Waals surface area contributed by atoms with E-state index < -0.39 is 5.91 Å². The first-order chi connectivity index (χ1) is 13.1. The number of amides is 1. The smallest absolute Gasteiger partial charge is 0.291 e. The molecular weight excluding hydrogens is 366 g/mol. The van der Waals surface area contributed by atoms with E-state index in [1.165, 1.54) is 15.9 Å². The third kappa shape index (κ3) is 3.53. The highest BCUT2D eigenvalue weighted by Gasteiger charge is 2.11. The van der Waals surface area contributed by atoms with Crippen LogP contribution in [-0.4, -0.2) is 32.1 Å². The number of rotatable bonds is 5. The lowest BCUT2D eigenvalue weighted by molar-refractivity contribution is -0.119. The summed E-state index contributed by atoms with van der Waals surface area (Å²) in [6.07, 6.45) is 5.07. The minimum Gasteiger partial charge on any atom is -0.484 e. The second-order valence-corrected chi connectivity index (χ2v) is 6.62. The number of pyridine rings is 1. The van der Waals surface area contributed by atoms with E-state index in [0.29, 0.717) is 21.1 Å². The Morgan fingerprint density at radius 3 is 2.74 bits per heavy atom. The van der Waals surface area contributed by atoms with Crippen molar-refractivity contribution >= 4 is 28.3 Å². The molecule has 1 amide bonds. The zero-order chi connectivity index (χ0) is 18.8. The van der Waals surface area contributed by atoms with Crippen LogP contribution in [0.15, 0.2) is 53.6 Å². The van der Waals surface area contributed by atoms with Gasteiger partial charge in [0, 0.05) is 18.0 Å². The van der Waals surface area contributed by atoms with Crippen molar-refractivity contribution in [2.24, 2.45) is 5.73 Å². The van der Waals surface area contributed by atoms with Crippen LogP contribution >= 0.6 is 11.3 Å². The molecule has 1 aromatic carbocycles. The molecule has 0 saturated heterocycles.